The van der Waals surface area contributed by atoms with E-state index < -0.39 is 24.0 Å². The number of methoxy groups -OCH3 is 1. The second kappa shape index (κ2) is 11.8. The summed E-state index contributed by atoms with van der Waals surface area (Å²) in [6, 6.07) is 8.71. The van der Waals surface area contributed by atoms with Crippen molar-refractivity contribution in [2.75, 3.05) is 37.1 Å². The van der Waals surface area contributed by atoms with E-state index in [4.69, 9.17) is 14.3 Å². The van der Waals surface area contributed by atoms with Gasteiger partial charge in [0.25, 0.3) is 0 Å². The highest BCUT2D eigenvalue weighted by Crippen LogP contribution is 2.57. The van der Waals surface area contributed by atoms with Crippen molar-refractivity contribution < 1.29 is 46.9 Å². The molecule has 2 heterocycles. The fourth-order valence-electron chi connectivity index (χ4n) is 5.69. The van der Waals surface area contributed by atoms with Crippen LogP contribution in [-0.4, -0.2) is 67.6 Å². The summed E-state index contributed by atoms with van der Waals surface area (Å²) >= 11 is 0. The standard InChI is InChI=1S/C31H36F3N3O7/c1-18(36-44-29(2,3)28(39)40)20-13-21(15-23(14-20)41-4)35-26(19-7-11-42-12-8-19)27(38)37-17-30(9-10-30)24-6-5-22(16-25(24)37)43-31(32,33)34/h5-6,13-16,19,26,35H,7-12,17H2,1-4H3,(H,39,40)/b36-18+. The summed E-state index contributed by atoms with van der Waals surface area (Å²) in [6.07, 6.45) is -1.94. The molecular weight excluding hydrogens is 583 g/mol. The van der Waals surface area contributed by atoms with Crippen LogP contribution in [-0.2, 0) is 24.6 Å². The molecule has 5 rings (SSSR count). The average molecular weight is 620 g/mol. The Hall–Kier alpha value is -4.00. The van der Waals surface area contributed by atoms with Crippen molar-refractivity contribution in [3.63, 3.8) is 0 Å². The van der Waals surface area contributed by atoms with Crippen molar-refractivity contribution >= 4 is 29.0 Å². The highest BCUT2D eigenvalue weighted by Gasteiger charge is 2.54. The van der Waals surface area contributed by atoms with E-state index in [1.165, 1.54) is 33.1 Å². The minimum absolute atomic E-state index is 0.117. The molecule has 0 bridgehead atoms. The van der Waals surface area contributed by atoms with Crippen molar-refractivity contribution in [3.05, 3.63) is 47.5 Å². The lowest BCUT2D eigenvalue weighted by atomic mass is 9.90. The predicted octanol–water partition coefficient (Wildman–Crippen LogP) is 5.48. The number of nitrogens with zero attached hydrogens (tertiary/aromatic N) is 2. The van der Waals surface area contributed by atoms with E-state index in [1.807, 2.05) is 0 Å². The molecule has 1 saturated carbocycles. The Bertz CT molecular complexity index is 1450. The topological polar surface area (TPSA) is 119 Å². The van der Waals surface area contributed by atoms with Crippen LogP contribution >= 0.6 is 0 Å². The fraction of sp³-hybridized carbons (Fsp3) is 0.516. The van der Waals surface area contributed by atoms with Gasteiger partial charge in [-0.05, 0) is 76.1 Å². The second-order valence-electron chi connectivity index (χ2n) is 12.0. The maximum atomic E-state index is 14.4. The van der Waals surface area contributed by atoms with E-state index in [1.54, 1.807) is 36.1 Å². The maximum absolute atomic E-state index is 14.4. The summed E-state index contributed by atoms with van der Waals surface area (Å²) in [4.78, 5) is 32.7. The number of aliphatic carboxylic acids is 1. The predicted molar refractivity (Wildman–Crippen MR) is 155 cm³/mol. The first-order valence-electron chi connectivity index (χ1n) is 14.4. The van der Waals surface area contributed by atoms with E-state index in [0.29, 0.717) is 61.0 Å². The minimum Gasteiger partial charge on any atom is -0.497 e. The molecule has 2 aromatic carbocycles. The van der Waals surface area contributed by atoms with Crippen LogP contribution in [0.5, 0.6) is 11.5 Å². The molecule has 238 valence electrons. The van der Waals surface area contributed by atoms with Crippen molar-refractivity contribution in [2.45, 2.75) is 69.9 Å². The summed E-state index contributed by atoms with van der Waals surface area (Å²) in [7, 11) is 1.50. The number of fused-ring (bicyclic) bond motifs is 2. The van der Waals surface area contributed by atoms with Gasteiger partial charge in [-0.1, -0.05) is 11.2 Å². The van der Waals surface area contributed by atoms with Gasteiger partial charge in [0.1, 0.15) is 17.5 Å². The summed E-state index contributed by atoms with van der Waals surface area (Å²) in [5.74, 6) is -1.45. The molecule has 2 fully saturated rings. The van der Waals surface area contributed by atoms with E-state index in [2.05, 4.69) is 15.2 Å². The molecule has 44 heavy (non-hydrogen) atoms. The third kappa shape index (κ3) is 6.72. The molecule has 1 unspecified atom stereocenters. The number of halogens is 3. The van der Waals surface area contributed by atoms with Crippen LogP contribution in [0.3, 0.4) is 0 Å². The van der Waals surface area contributed by atoms with Crippen LogP contribution in [0.25, 0.3) is 0 Å². The Morgan fingerprint density at radius 2 is 1.82 bits per heavy atom. The van der Waals surface area contributed by atoms with Crippen LogP contribution in [0.1, 0.15) is 57.6 Å². The summed E-state index contributed by atoms with van der Waals surface area (Å²) in [5.41, 5.74) is 0.984. The van der Waals surface area contributed by atoms with E-state index >= 15 is 0 Å². The number of benzene rings is 2. The lowest BCUT2D eigenvalue weighted by Crippen LogP contribution is -2.48. The highest BCUT2D eigenvalue weighted by molar-refractivity contribution is 6.03. The van der Waals surface area contributed by atoms with Gasteiger partial charge in [-0.25, -0.2) is 4.79 Å². The molecule has 10 nitrogen and oxygen atoms in total. The van der Waals surface area contributed by atoms with Gasteiger partial charge in [-0.15, -0.1) is 13.2 Å². The first-order valence-corrected chi connectivity index (χ1v) is 14.4. The summed E-state index contributed by atoms with van der Waals surface area (Å²) in [5, 5.41) is 16.8. The molecule has 2 N–H and O–H groups in total. The van der Waals surface area contributed by atoms with Crippen molar-refractivity contribution in [1.29, 1.82) is 0 Å². The monoisotopic (exact) mass is 619 g/mol. The zero-order chi connectivity index (χ0) is 31.9. The number of alkyl halides is 3. The fourth-order valence-corrected chi connectivity index (χ4v) is 5.69. The van der Waals surface area contributed by atoms with Gasteiger partial charge in [-0.3, -0.25) is 4.79 Å². The molecule has 13 heteroatoms. The third-order valence-corrected chi connectivity index (χ3v) is 8.46. The Morgan fingerprint density at radius 3 is 2.43 bits per heavy atom. The number of amides is 1. The Kier molecular flexibility index (Phi) is 8.45. The summed E-state index contributed by atoms with van der Waals surface area (Å²) < 4.78 is 54.4. The van der Waals surface area contributed by atoms with Crippen LogP contribution in [0.4, 0.5) is 24.5 Å². The second-order valence-corrected chi connectivity index (χ2v) is 12.0. The van der Waals surface area contributed by atoms with E-state index in [0.717, 1.165) is 18.4 Å². The van der Waals surface area contributed by atoms with Gasteiger partial charge < -0.3 is 34.4 Å². The van der Waals surface area contributed by atoms with Crippen LogP contribution in [0.15, 0.2) is 41.6 Å². The number of hydrogen-bond donors (Lipinski definition) is 2. The number of oxime groups is 1. The Morgan fingerprint density at radius 1 is 1.11 bits per heavy atom. The quantitative estimate of drug-likeness (QED) is 0.265. The van der Waals surface area contributed by atoms with Gasteiger partial charge in [0, 0.05) is 48.6 Å². The number of nitrogens with one attached hydrogen (secondary N) is 1. The number of carbonyl (C=O) groups excluding carboxylic acids is 1. The van der Waals surface area contributed by atoms with Crippen LogP contribution < -0.4 is 19.7 Å². The molecular formula is C31H36F3N3O7. The highest BCUT2D eigenvalue weighted by atomic mass is 19.4. The number of carboxylic acid groups (broad SMARTS) is 1. The smallest absolute Gasteiger partial charge is 0.497 e. The molecule has 1 amide bonds. The molecule has 0 radical (unpaired) electrons. The average Bonchev–Trinajstić information content (AvgIpc) is 3.69. The maximum Gasteiger partial charge on any atom is 0.573 e. The van der Waals surface area contributed by atoms with E-state index in [-0.39, 0.29) is 23.0 Å². The Labute approximate surface area is 253 Å². The molecule has 3 aliphatic rings. The van der Waals surface area contributed by atoms with Crippen molar-refractivity contribution in [1.82, 2.24) is 0 Å². The lowest BCUT2D eigenvalue weighted by Gasteiger charge is -2.34. The van der Waals surface area contributed by atoms with Gasteiger partial charge >= 0.3 is 12.3 Å². The summed E-state index contributed by atoms with van der Waals surface area (Å²) in [6.45, 7) is 5.76. The normalized spacial score (nSPS) is 18.9. The zero-order valence-corrected chi connectivity index (χ0v) is 25.0. The zero-order valence-electron chi connectivity index (χ0n) is 25.0. The van der Waals surface area contributed by atoms with Gasteiger partial charge in [0.05, 0.1) is 18.5 Å². The number of anilines is 2. The van der Waals surface area contributed by atoms with Gasteiger partial charge in [0.2, 0.25) is 11.5 Å². The first-order chi connectivity index (χ1) is 20.7. The first kappa shape index (κ1) is 31.4. The van der Waals surface area contributed by atoms with Crippen LogP contribution in [0, 0.1) is 5.92 Å². The number of carbonyl (C=O) groups is 2. The molecule has 1 saturated heterocycles. The molecule has 2 aromatic rings. The molecule has 1 atom stereocenters. The Balaban J connectivity index is 1.47. The number of hydrogen-bond acceptors (Lipinski definition) is 8. The number of rotatable bonds is 10. The molecule has 1 spiro atoms. The molecule has 2 aliphatic heterocycles. The third-order valence-electron chi connectivity index (χ3n) is 8.46. The number of ether oxygens (including phenoxy) is 3. The van der Waals surface area contributed by atoms with Crippen LogP contribution in [0.2, 0.25) is 0 Å². The lowest BCUT2D eigenvalue weighted by molar-refractivity contribution is -0.274. The largest absolute Gasteiger partial charge is 0.573 e. The molecule has 0 aromatic heterocycles. The van der Waals surface area contributed by atoms with E-state index in [9.17, 15) is 27.9 Å². The SMILES string of the molecule is COc1cc(NC(C(=O)N2CC3(CC3)c3ccc(OC(F)(F)F)cc32)C2CCOCC2)cc(/C(C)=N/OC(C)(C)C(=O)O)c1. The number of carboxylic acids is 1. The minimum atomic E-state index is -4.86. The van der Waals surface area contributed by atoms with Gasteiger partial charge in [-0.2, -0.15) is 0 Å². The van der Waals surface area contributed by atoms with Crippen molar-refractivity contribution in [2.24, 2.45) is 11.1 Å². The van der Waals surface area contributed by atoms with Gasteiger partial charge in [0.15, 0.2) is 0 Å². The van der Waals surface area contributed by atoms with Crippen molar-refractivity contribution in [3.8, 4) is 11.5 Å². The molecule has 1 aliphatic carbocycles.